The van der Waals surface area contributed by atoms with Gasteiger partial charge in [0.25, 0.3) is 0 Å². The van der Waals surface area contributed by atoms with Crippen molar-refractivity contribution in [2.75, 3.05) is 0 Å². The van der Waals surface area contributed by atoms with Crippen molar-refractivity contribution in [2.24, 2.45) is 5.92 Å². The van der Waals surface area contributed by atoms with Crippen molar-refractivity contribution in [2.45, 2.75) is 44.9 Å². The molecule has 0 radical (unpaired) electrons. The molecule has 0 bridgehead atoms. The number of hydrogen-bond donors (Lipinski definition) is 1. The molecule has 0 spiro atoms. The molecule has 0 amide bonds. The fraction of sp³-hybridized carbons (Fsp3) is 0.471. The maximum absolute atomic E-state index is 12.6. The van der Waals surface area contributed by atoms with Crippen LogP contribution in [0.5, 0.6) is 0 Å². The number of nitrogens with one attached hydrogen (secondary N) is 1. The summed E-state index contributed by atoms with van der Waals surface area (Å²) in [6.45, 7) is 3.86. The van der Waals surface area contributed by atoms with E-state index in [1.54, 1.807) is 13.0 Å². The summed E-state index contributed by atoms with van der Waals surface area (Å²) in [4.78, 5) is 0. The van der Waals surface area contributed by atoms with E-state index < -0.39 is 10.0 Å². The second-order valence-electron chi connectivity index (χ2n) is 6.35. The monoisotopic (exact) mass is 334 g/mol. The molecule has 23 heavy (non-hydrogen) atoms. The van der Waals surface area contributed by atoms with Crippen molar-refractivity contribution in [1.29, 1.82) is 0 Å². The molecule has 2 aromatic rings. The summed E-state index contributed by atoms with van der Waals surface area (Å²) in [5.41, 5.74) is 2.77. The van der Waals surface area contributed by atoms with Crippen LogP contribution in [0.25, 0.3) is 0 Å². The molecule has 3 rings (SSSR count). The SMILES string of the molecule is Cc1cc(CS(=O)(=O)NC2c3ccccc3CCCC2C)no1. The molecule has 0 saturated heterocycles. The third kappa shape index (κ3) is 3.82. The molecule has 6 heteroatoms. The zero-order valence-corrected chi connectivity index (χ0v) is 14.3. The highest BCUT2D eigenvalue weighted by Crippen LogP contribution is 2.33. The van der Waals surface area contributed by atoms with Crippen LogP contribution in [0.4, 0.5) is 0 Å². The Kier molecular flexibility index (Phi) is 4.55. The number of aryl methyl sites for hydroxylation is 2. The molecule has 1 aliphatic carbocycles. The number of fused-ring (bicyclic) bond motifs is 1. The highest BCUT2D eigenvalue weighted by molar-refractivity contribution is 7.88. The first kappa shape index (κ1) is 16.2. The predicted octanol–water partition coefficient (Wildman–Crippen LogP) is 3.12. The second kappa shape index (κ2) is 6.45. The van der Waals surface area contributed by atoms with Gasteiger partial charge in [0.1, 0.15) is 17.2 Å². The molecule has 0 fully saturated rings. The van der Waals surface area contributed by atoms with Gasteiger partial charge in [0, 0.05) is 12.1 Å². The highest BCUT2D eigenvalue weighted by Gasteiger charge is 2.29. The van der Waals surface area contributed by atoms with Crippen LogP contribution in [-0.2, 0) is 22.2 Å². The Bertz CT molecular complexity index is 783. The summed E-state index contributed by atoms with van der Waals surface area (Å²) in [5.74, 6) is 0.714. The van der Waals surface area contributed by atoms with E-state index in [4.69, 9.17) is 4.52 Å². The van der Waals surface area contributed by atoms with E-state index in [-0.39, 0.29) is 17.7 Å². The normalized spacial score (nSPS) is 21.7. The number of nitrogens with zero attached hydrogens (tertiary/aromatic N) is 1. The summed E-state index contributed by atoms with van der Waals surface area (Å²) >= 11 is 0. The summed E-state index contributed by atoms with van der Waals surface area (Å²) in [6, 6.07) is 9.58. The van der Waals surface area contributed by atoms with Crippen molar-refractivity contribution in [1.82, 2.24) is 9.88 Å². The maximum atomic E-state index is 12.6. The van der Waals surface area contributed by atoms with E-state index in [1.807, 2.05) is 18.2 Å². The third-order valence-electron chi connectivity index (χ3n) is 4.39. The van der Waals surface area contributed by atoms with E-state index in [2.05, 4.69) is 22.9 Å². The molecule has 0 saturated carbocycles. The lowest BCUT2D eigenvalue weighted by molar-refractivity contribution is 0.391. The van der Waals surface area contributed by atoms with E-state index in [0.29, 0.717) is 11.5 Å². The van der Waals surface area contributed by atoms with E-state index >= 15 is 0 Å². The zero-order valence-electron chi connectivity index (χ0n) is 13.5. The van der Waals surface area contributed by atoms with Crippen molar-refractivity contribution < 1.29 is 12.9 Å². The quantitative estimate of drug-likeness (QED) is 0.872. The Labute approximate surface area is 137 Å². The van der Waals surface area contributed by atoms with Crippen molar-refractivity contribution in [3.05, 3.63) is 52.9 Å². The average Bonchev–Trinajstić information content (AvgIpc) is 2.82. The molecule has 1 aromatic heterocycles. The van der Waals surface area contributed by atoms with Gasteiger partial charge in [-0.3, -0.25) is 0 Å². The molecule has 1 heterocycles. The lowest BCUT2D eigenvalue weighted by atomic mass is 9.93. The summed E-state index contributed by atoms with van der Waals surface area (Å²) in [5, 5.41) is 3.78. The van der Waals surface area contributed by atoms with Crippen LogP contribution in [0.3, 0.4) is 0 Å². The molecule has 124 valence electrons. The summed E-state index contributed by atoms with van der Waals surface area (Å²) in [7, 11) is -3.49. The highest BCUT2D eigenvalue weighted by atomic mass is 32.2. The minimum Gasteiger partial charge on any atom is -0.361 e. The lowest BCUT2D eigenvalue weighted by Gasteiger charge is -2.24. The van der Waals surface area contributed by atoms with Gasteiger partial charge < -0.3 is 4.52 Å². The van der Waals surface area contributed by atoms with Gasteiger partial charge in [-0.05, 0) is 43.2 Å². The molecular weight excluding hydrogens is 312 g/mol. The Balaban J connectivity index is 1.85. The Morgan fingerprint density at radius 1 is 1.35 bits per heavy atom. The van der Waals surface area contributed by atoms with Gasteiger partial charge in [0.15, 0.2) is 0 Å². The van der Waals surface area contributed by atoms with Gasteiger partial charge in [-0.2, -0.15) is 0 Å². The molecule has 1 N–H and O–H groups in total. The van der Waals surface area contributed by atoms with Crippen LogP contribution in [-0.4, -0.2) is 13.6 Å². The number of aromatic nitrogens is 1. The molecular formula is C17H22N2O3S. The molecule has 0 aliphatic heterocycles. The molecule has 5 nitrogen and oxygen atoms in total. The van der Waals surface area contributed by atoms with Crippen LogP contribution in [0.2, 0.25) is 0 Å². The fourth-order valence-corrected chi connectivity index (χ4v) is 4.60. The second-order valence-corrected chi connectivity index (χ2v) is 8.11. The first-order valence-electron chi connectivity index (χ1n) is 7.94. The first-order chi connectivity index (χ1) is 10.9. The van der Waals surface area contributed by atoms with E-state index in [1.165, 1.54) is 5.56 Å². The summed E-state index contributed by atoms with van der Waals surface area (Å²) in [6.07, 6.45) is 3.09. The minimum atomic E-state index is -3.49. The number of sulfonamides is 1. The molecule has 2 atom stereocenters. The van der Waals surface area contributed by atoms with Crippen LogP contribution in [0.1, 0.15) is 48.4 Å². The summed E-state index contributed by atoms with van der Waals surface area (Å²) < 4.78 is 32.9. The van der Waals surface area contributed by atoms with Crippen LogP contribution in [0.15, 0.2) is 34.9 Å². The Morgan fingerprint density at radius 3 is 2.87 bits per heavy atom. The zero-order chi connectivity index (χ0) is 16.4. The maximum Gasteiger partial charge on any atom is 0.218 e. The van der Waals surface area contributed by atoms with Crippen LogP contribution >= 0.6 is 0 Å². The lowest BCUT2D eigenvalue weighted by Crippen LogP contribution is -2.33. The molecule has 1 aromatic carbocycles. The van der Waals surface area contributed by atoms with E-state index in [0.717, 1.165) is 24.8 Å². The number of benzene rings is 1. The van der Waals surface area contributed by atoms with Gasteiger partial charge in [0.2, 0.25) is 10.0 Å². The molecule has 1 aliphatic rings. The predicted molar refractivity (Wildman–Crippen MR) is 88.3 cm³/mol. The number of rotatable bonds is 4. The van der Waals surface area contributed by atoms with Gasteiger partial charge in [-0.25, -0.2) is 13.1 Å². The average molecular weight is 334 g/mol. The first-order valence-corrected chi connectivity index (χ1v) is 9.60. The Morgan fingerprint density at radius 2 is 2.13 bits per heavy atom. The van der Waals surface area contributed by atoms with E-state index in [9.17, 15) is 8.42 Å². The van der Waals surface area contributed by atoms with Gasteiger partial charge in [-0.15, -0.1) is 0 Å². The minimum absolute atomic E-state index is 0.157. The van der Waals surface area contributed by atoms with Gasteiger partial charge in [0.05, 0.1) is 0 Å². The van der Waals surface area contributed by atoms with Gasteiger partial charge >= 0.3 is 0 Å². The largest absolute Gasteiger partial charge is 0.361 e. The smallest absolute Gasteiger partial charge is 0.218 e. The Hall–Kier alpha value is -1.66. The number of hydrogen-bond acceptors (Lipinski definition) is 4. The molecule has 2 unspecified atom stereocenters. The van der Waals surface area contributed by atoms with Crippen LogP contribution in [0, 0.1) is 12.8 Å². The standard InChI is InChI=1S/C17H22N2O3S/c1-12-6-5-8-14-7-3-4-9-16(14)17(12)19-23(20,21)11-15-10-13(2)22-18-15/h3-4,7,9-10,12,17,19H,5-6,8,11H2,1-2H3. The van der Waals surface area contributed by atoms with Crippen LogP contribution < -0.4 is 4.72 Å². The van der Waals surface area contributed by atoms with Gasteiger partial charge in [-0.1, -0.05) is 36.3 Å². The third-order valence-corrected chi connectivity index (χ3v) is 5.67. The topological polar surface area (TPSA) is 72.2 Å². The van der Waals surface area contributed by atoms with Crippen molar-refractivity contribution >= 4 is 10.0 Å². The van der Waals surface area contributed by atoms with Crippen molar-refractivity contribution in [3.8, 4) is 0 Å². The van der Waals surface area contributed by atoms with Crippen molar-refractivity contribution in [3.63, 3.8) is 0 Å². The fourth-order valence-electron chi connectivity index (χ4n) is 3.25.